The normalized spacial score (nSPS) is 11.2. The summed E-state index contributed by atoms with van der Waals surface area (Å²) in [5.74, 6) is 0.872. The van der Waals surface area contributed by atoms with Crippen molar-refractivity contribution in [3.8, 4) is 5.75 Å². The average molecular weight is 266 g/mol. The topological polar surface area (TPSA) is 26.3 Å². The predicted octanol–water partition coefficient (Wildman–Crippen LogP) is 4.18. The fraction of sp³-hybridized carbons (Fsp3) is 0.167. The van der Waals surface area contributed by atoms with Crippen molar-refractivity contribution in [2.75, 3.05) is 0 Å². The molecule has 0 spiro atoms. The zero-order valence-electron chi connectivity index (χ0n) is 11.8. The Morgan fingerprint density at radius 1 is 1.15 bits per heavy atom. The van der Waals surface area contributed by atoms with Crippen LogP contribution >= 0.6 is 0 Å². The highest BCUT2D eigenvalue weighted by molar-refractivity contribution is 5.80. The van der Waals surface area contributed by atoms with Crippen LogP contribution in [0.5, 0.6) is 5.75 Å². The average Bonchev–Trinajstić information content (AvgIpc) is 2.47. The zero-order valence-corrected chi connectivity index (χ0v) is 11.8. The second-order valence-electron chi connectivity index (χ2n) is 4.74. The monoisotopic (exact) mass is 266 g/mol. The van der Waals surface area contributed by atoms with Gasteiger partial charge in [-0.05, 0) is 54.3 Å². The molecule has 0 fully saturated rings. The first kappa shape index (κ1) is 14.1. The summed E-state index contributed by atoms with van der Waals surface area (Å²) in [4.78, 5) is 10.5. The highest BCUT2D eigenvalue weighted by Crippen LogP contribution is 2.23. The van der Waals surface area contributed by atoms with E-state index in [2.05, 4.69) is 0 Å². The van der Waals surface area contributed by atoms with E-state index in [0.29, 0.717) is 6.61 Å². The molecular formula is C18H18O2. The second kappa shape index (κ2) is 6.71. The SMILES string of the molecule is CC(=CC=O)c1ccc(OCc2ccccc2)c(C)c1. The third kappa shape index (κ3) is 3.58. The molecule has 0 bridgehead atoms. The first-order valence-corrected chi connectivity index (χ1v) is 6.60. The summed E-state index contributed by atoms with van der Waals surface area (Å²) in [6, 6.07) is 16.0. The lowest BCUT2D eigenvalue weighted by molar-refractivity contribution is -0.104. The van der Waals surface area contributed by atoms with Crippen molar-refractivity contribution in [2.45, 2.75) is 20.5 Å². The summed E-state index contributed by atoms with van der Waals surface area (Å²) < 4.78 is 5.83. The highest BCUT2D eigenvalue weighted by atomic mass is 16.5. The molecule has 0 atom stereocenters. The molecule has 102 valence electrons. The number of hydrogen-bond donors (Lipinski definition) is 0. The lowest BCUT2D eigenvalue weighted by Crippen LogP contribution is -1.97. The Morgan fingerprint density at radius 2 is 1.90 bits per heavy atom. The van der Waals surface area contributed by atoms with Crippen molar-refractivity contribution in [3.05, 3.63) is 71.3 Å². The molecule has 0 aliphatic carbocycles. The maximum absolute atomic E-state index is 10.5. The largest absolute Gasteiger partial charge is 0.489 e. The van der Waals surface area contributed by atoms with Crippen LogP contribution in [0.1, 0.15) is 23.6 Å². The van der Waals surface area contributed by atoms with Gasteiger partial charge in [-0.15, -0.1) is 0 Å². The Bertz CT molecular complexity index is 613. The van der Waals surface area contributed by atoms with E-state index in [1.165, 1.54) is 0 Å². The van der Waals surface area contributed by atoms with Gasteiger partial charge in [0.1, 0.15) is 18.6 Å². The van der Waals surface area contributed by atoms with Gasteiger partial charge in [-0.25, -0.2) is 0 Å². The molecule has 2 heteroatoms. The summed E-state index contributed by atoms with van der Waals surface area (Å²) in [5, 5.41) is 0. The van der Waals surface area contributed by atoms with E-state index in [4.69, 9.17) is 4.74 Å². The fourth-order valence-electron chi connectivity index (χ4n) is 1.99. The van der Waals surface area contributed by atoms with Crippen LogP contribution in [0.3, 0.4) is 0 Å². The van der Waals surface area contributed by atoms with Crippen LogP contribution in [0.25, 0.3) is 5.57 Å². The molecule has 20 heavy (non-hydrogen) atoms. The van der Waals surface area contributed by atoms with Crippen LogP contribution in [0.4, 0.5) is 0 Å². The molecule has 0 N–H and O–H groups in total. The minimum absolute atomic E-state index is 0.560. The standard InChI is InChI=1S/C18H18O2/c1-14(10-11-19)17-8-9-18(15(2)12-17)20-13-16-6-4-3-5-7-16/h3-12H,13H2,1-2H3. The van der Waals surface area contributed by atoms with Crippen LogP contribution in [-0.2, 0) is 11.4 Å². The van der Waals surface area contributed by atoms with E-state index in [1.54, 1.807) is 6.08 Å². The molecule has 0 amide bonds. The Kier molecular flexibility index (Phi) is 4.72. The van der Waals surface area contributed by atoms with E-state index >= 15 is 0 Å². The Labute approximate surface area is 119 Å². The van der Waals surface area contributed by atoms with Gasteiger partial charge in [-0.2, -0.15) is 0 Å². The third-order valence-corrected chi connectivity index (χ3v) is 3.19. The van der Waals surface area contributed by atoms with Crippen LogP contribution < -0.4 is 4.74 Å². The van der Waals surface area contributed by atoms with Crippen molar-refractivity contribution in [3.63, 3.8) is 0 Å². The summed E-state index contributed by atoms with van der Waals surface area (Å²) in [6.45, 7) is 4.50. The molecular weight excluding hydrogens is 248 g/mol. The smallest absolute Gasteiger partial charge is 0.143 e. The zero-order chi connectivity index (χ0) is 14.4. The van der Waals surface area contributed by atoms with Gasteiger partial charge in [-0.3, -0.25) is 4.79 Å². The van der Waals surface area contributed by atoms with Crippen LogP contribution in [0.2, 0.25) is 0 Å². The quantitative estimate of drug-likeness (QED) is 0.599. The molecule has 0 unspecified atom stereocenters. The number of carbonyl (C=O) groups is 1. The van der Waals surface area contributed by atoms with Gasteiger partial charge in [0, 0.05) is 0 Å². The summed E-state index contributed by atoms with van der Waals surface area (Å²) in [6.07, 6.45) is 2.38. The van der Waals surface area contributed by atoms with Crippen molar-refractivity contribution in [2.24, 2.45) is 0 Å². The van der Waals surface area contributed by atoms with Gasteiger partial charge in [-0.1, -0.05) is 36.4 Å². The third-order valence-electron chi connectivity index (χ3n) is 3.19. The molecule has 0 radical (unpaired) electrons. The number of ether oxygens (including phenoxy) is 1. The van der Waals surface area contributed by atoms with E-state index in [-0.39, 0.29) is 0 Å². The van der Waals surface area contributed by atoms with Crippen LogP contribution in [-0.4, -0.2) is 6.29 Å². The maximum atomic E-state index is 10.5. The van der Waals surface area contributed by atoms with Gasteiger partial charge in [0.15, 0.2) is 0 Å². The Balaban J connectivity index is 2.10. The number of aldehydes is 1. The number of aryl methyl sites for hydroxylation is 1. The molecule has 2 nitrogen and oxygen atoms in total. The van der Waals surface area contributed by atoms with Crippen molar-refractivity contribution >= 4 is 11.9 Å². The first-order valence-electron chi connectivity index (χ1n) is 6.60. The van der Waals surface area contributed by atoms with Gasteiger partial charge >= 0.3 is 0 Å². The number of rotatable bonds is 5. The van der Waals surface area contributed by atoms with Crippen molar-refractivity contribution < 1.29 is 9.53 Å². The second-order valence-corrected chi connectivity index (χ2v) is 4.74. The van der Waals surface area contributed by atoms with E-state index in [0.717, 1.165) is 34.3 Å². The fourth-order valence-corrected chi connectivity index (χ4v) is 1.99. The molecule has 2 aromatic carbocycles. The summed E-state index contributed by atoms with van der Waals surface area (Å²) >= 11 is 0. The number of hydrogen-bond acceptors (Lipinski definition) is 2. The Morgan fingerprint density at radius 3 is 2.55 bits per heavy atom. The van der Waals surface area contributed by atoms with Gasteiger partial charge in [0.25, 0.3) is 0 Å². The minimum Gasteiger partial charge on any atom is -0.489 e. The van der Waals surface area contributed by atoms with Crippen LogP contribution in [0.15, 0.2) is 54.6 Å². The van der Waals surface area contributed by atoms with E-state index in [9.17, 15) is 4.79 Å². The Hall–Kier alpha value is -2.35. The summed E-state index contributed by atoms with van der Waals surface area (Å²) in [5.41, 5.74) is 4.21. The minimum atomic E-state index is 0.560. The molecule has 0 saturated heterocycles. The van der Waals surface area contributed by atoms with E-state index in [1.807, 2.05) is 62.4 Å². The molecule has 2 aromatic rings. The highest BCUT2D eigenvalue weighted by Gasteiger charge is 2.03. The summed E-state index contributed by atoms with van der Waals surface area (Å²) in [7, 11) is 0. The van der Waals surface area contributed by atoms with E-state index < -0.39 is 0 Å². The number of allylic oxidation sites excluding steroid dienone is 2. The van der Waals surface area contributed by atoms with Gasteiger partial charge in [0.05, 0.1) is 0 Å². The predicted molar refractivity (Wildman–Crippen MR) is 81.7 cm³/mol. The molecule has 0 heterocycles. The first-order chi connectivity index (χ1) is 9.70. The molecule has 0 aliphatic rings. The van der Waals surface area contributed by atoms with Crippen molar-refractivity contribution in [1.82, 2.24) is 0 Å². The number of benzene rings is 2. The maximum Gasteiger partial charge on any atom is 0.143 e. The van der Waals surface area contributed by atoms with Crippen molar-refractivity contribution in [1.29, 1.82) is 0 Å². The lowest BCUT2D eigenvalue weighted by Gasteiger charge is -2.11. The number of carbonyl (C=O) groups excluding carboxylic acids is 1. The molecule has 0 aromatic heterocycles. The van der Waals surface area contributed by atoms with Crippen LogP contribution in [0, 0.1) is 6.92 Å². The molecule has 0 aliphatic heterocycles. The molecule has 2 rings (SSSR count). The lowest BCUT2D eigenvalue weighted by atomic mass is 10.0. The molecule has 0 saturated carbocycles. The van der Waals surface area contributed by atoms with Gasteiger partial charge < -0.3 is 4.74 Å². The van der Waals surface area contributed by atoms with Gasteiger partial charge in [0.2, 0.25) is 0 Å².